The van der Waals surface area contributed by atoms with Gasteiger partial charge in [-0.2, -0.15) is 0 Å². The summed E-state index contributed by atoms with van der Waals surface area (Å²) in [4.78, 5) is 26.8. The number of allylic oxidation sites excluding steroid dienone is 3. The topological polar surface area (TPSA) is 64.6 Å². The maximum absolute atomic E-state index is 13.4. The number of ether oxygens (including phenoxy) is 2. The van der Waals surface area contributed by atoms with Crippen molar-refractivity contribution >= 4 is 27.7 Å². The number of hydrogen-bond donors (Lipinski definition) is 1. The molecule has 0 amide bonds. The Balaban J connectivity index is 1.76. The summed E-state index contributed by atoms with van der Waals surface area (Å²) >= 11 is 3.55. The highest BCUT2D eigenvalue weighted by Gasteiger charge is 2.43. The van der Waals surface area contributed by atoms with Crippen LogP contribution >= 0.6 is 15.9 Å². The normalized spacial score (nSPS) is 19.7. The Kier molecular flexibility index (Phi) is 6.48. The van der Waals surface area contributed by atoms with Crippen LogP contribution in [0.15, 0.2) is 75.5 Å². The molecule has 4 rings (SSSR count). The van der Waals surface area contributed by atoms with E-state index in [4.69, 9.17) is 9.47 Å². The average Bonchev–Trinajstić information content (AvgIpc) is 2.76. The highest BCUT2D eigenvalue weighted by atomic mass is 79.9. The van der Waals surface area contributed by atoms with Crippen molar-refractivity contribution in [3.63, 3.8) is 0 Å². The standard InChI is InChI=1S/C27H28BrNO4/c1-16-23(26(31)33-15-17-8-6-5-7-9-17)24(18-10-11-22(32-4)19(28)12-18)25-20(29-16)13-27(2,3)14-21(25)30/h5-12,24,29H,13-15H2,1-4H3/t24-/m1/s1. The van der Waals surface area contributed by atoms with Crippen LogP contribution in [0.4, 0.5) is 0 Å². The fraction of sp³-hybridized carbons (Fsp3) is 0.333. The summed E-state index contributed by atoms with van der Waals surface area (Å²) in [5, 5.41) is 3.37. The van der Waals surface area contributed by atoms with Crippen LogP contribution < -0.4 is 10.1 Å². The van der Waals surface area contributed by atoms with Crippen LogP contribution in [0.1, 0.15) is 50.7 Å². The summed E-state index contributed by atoms with van der Waals surface area (Å²) in [5.74, 6) is -0.182. The molecule has 1 N–H and O–H groups in total. The molecule has 0 unspecified atom stereocenters. The number of rotatable bonds is 5. The number of methoxy groups -OCH3 is 1. The minimum absolute atomic E-state index is 0.0616. The lowest BCUT2D eigenvalue weighted by Crippen LogP contribution is -2.38. The van der Waals surface area contributed by atoms with Crippen molar-refractivity contribution in [1.29, 1.82) is 0 Å². The van der Waals surface area contributed by atoms with Crippen molar-refractivity contribution in [2.24, 2.45) is 5.41 Å². The lowest BCUT2D eigenvalue weighted by atomic mass is 9.68. The van der Waals surface area contributed by atoms with E-state index < -0.39 is 11.9 Å². The van der Waals surface area contributed by atoms with Crippen LogP contribution in [0.2, 0.25) is 0 Å². The van der Waals surface area contributed by atoms with Gasteiger partial charge >= 0.3 is 5.97 Å². The zero-order valence-electron chi connectivity index (χ0n) is 19.3. The molecule has 2 aliphatic rings. The molecular weight excluding hydrogens is 482 g/mol. The van der Waals surface area contributed by atoms with E-state index in [9.17, 15) is 9.59 Å². The van der Waals surface area contributed by atoms with Crippen LogP contribution in [0.5, 0.6) is 5.75 Å². The van der Waals surface area contributed by atoms with Crippen LogP contribution in [-0.2, 0) is 20.9 Å². The first kappa shape index (κ1) is 23.3. The van der Waals surface area contributed by atoms with Gasteiger partial charge in [-0.15, -0.1) is 0 Å². The molecule has 0 radical (unpaired) electrons. The van der Waals surface area contributed by atoms with Crippen molar-refractivity contribution in [3.05, 3.63) is 86.7 Å². The summed E-state index contributed by atoms with van der Waals surface area (Å²) < 4.78 is 11.9. The van der Waals surface area contributed by atoms with Gasteiger partial charge in [-0.1, -0.05) is 50.2 Å². The number of hydrogen-bond acceptors (Lipinski definition) is 5. The SMILES string of the molecule is COc1ccc([C@@H]2C(C(=O)OCc3ccccc3)=C(C)NC3=C2C(=O)CC(C)(C)C3)cc1Br. The second kappa shape index (κ2) is 9.18. The summed E-state index contributed by atoms with van der Waals surface area (Å²) in [7, 11) is 1.61. The molecule has 0 bridgehead atoms. The number of benzene rings is 2. The number of carbonyl (C=O) groups excluding carboxylic acids is 2. The zero-order chi connectivity index (χ0) is 23.8. The predicted octanol–water partition coefficient (Wildman–Crippen LogP) is 5.81. The van der Waals surface area contributed by atoms with Crippen molar-refractivity contribution in [1.82, 2.24) is 5.32 Å². The van der Waals surface area contributed by atoms with Crippen molar-refractivity contribution in [2.45, 2.75) is 46.1 Å². The smallest absolute Gasteiger partial charge is 0.337 e. The molecule has 2 aromatic carbocycles. The first-order valence-corrected chi connectivity index (χ1v) is 11.8. The molecule has 0 aromatic heterocycles. The Hall–Kier alpha value is -2.86. The second-order valence-corrected chi connectivity index (χ2v) is 10.2. The van der Waals surface area contributed by atoms with E-state index in [2.05, 4.69) is 35.1 Å². The van der Waals surface area contributed by atoms with Gasteiger partial charge in [0.05, 0.1) is 17.2 Å². The van der Waals surface area contributed by atoms with Gasteiger partial charge in [0.1, 0.15) is 12.4 Å². The highest BCUT2D eigenvalue weighted by Crippen LogP contribution is 2.47. The molecule has 0 saturated carbocycles. The first-order valence-electron chi connectivity index (χ1n) is 11.0. The van der Waals surface area contributed by atoms with Crippen LogP contribution in [0.3, 0.4) is 0 Å². The molecule has 2 aromatic rings. The molecule has 0 saturated heterocycles. The Morgan fingerprint density at radius 2 is 1.88 bits per heavy atom. The molecule has 5 nitrogen and oxygen atoms in total. The Labute approximate surface area is 203 Å². The van der Waals surface area contributed by atoms with Gasteiger partial charge in [0.2, 0.25) is 0 Å². The monoisotopic (exact) mass is 509 g/mol. The largest absolute Gasteiger partial charge is 0.496 e. The van der Waals surface area contributed by atoms with E-state index in [1.54, 1.807) is 7.11 Å². The number of esters is 1. The van der Waals surface area contributed by atoms with Crippen molar-refractivity contribution in [3.8, 4) is 5.75 Å². The molecule has 1 aliphatic carbocycles. The Bertz CT molecular complexity index is 1160. The minimum atomic E-state index is -0.504. The number of Topliss-reactive ketones (excluding diaryl/α,β-unsaturated/α-hetero) is 1. The third-order valence-corrected chi connectivity index (χ3v) is 6.80. The summed E-state index contributed by atoms with van der Waals surface area (Å²) in [6.07, 6.45) is 1.18. The molecular formula is C27H28BrNO4. The van der Waals surface area contributed by atoms with Gasteiger partial charge in [-0.05, 0) is 57.9 Å². The fourth-order valence-corrected chi connectivity index (χ4v) is 5.26. The maximum atomic E-state index is 13.4. The molecule has 33 heavy (non-hydrogen) atoms. The third kappa shape index (κ3) is 4.76. The summed E-state index contributed by atoms with van der Waals surface area (Å²) in [6.45, 7) is 6.24. The quantitative estimate of drug-likeness (QED) is 0.515. The lowest BCUT2D eigenvalue weighted by Gasteiger charge is -2.39. The van der Waals surface area contributed by atoms with Crippen LogP contribution in [0, 0.1) is 5.41 Å². The van der Waals surface area contributed by atoms with Gasteiger partial charge < -0.3 is 14.8 Å². The maximum Gasteiger partial charge on any atom is 0.337 e. The second-order valence-electron chi connectivity index (χ2n) is 9.39. The predicted molar refractivity (Wildman–Crippen MR) is 131 cm³/mol. The average molecular weight is 510 g/mol. The Morgan fingerprint density at radius 3 is 2.55 bits per heavy atom. The van der Waals surface area contributed by atoms with E-state index in [0.29, 0.717) is 29.0 Å². The number of dihydropyridines is 1. The molecule has 6 heteroatoms. The van der Waals surface area contributed by atoms with E-state index >= 15 is 0 Å². The van der Waals surface area contributed by atoms with E-state index in [1.165, 1.54) is 0 Å². The zero-order valence-corrected chi connectivity index (χ0v) is 20.9. The van der Waals surface area contributed by atoms with Gasteiger partial charge in [0.15, 0.2) is 5.78 Å². The Morgan fingerprint density at radius 1 is 1.15 bits per heavy atom. The molecule has 1 aliphatic heterocycles. The molecule has 1 heterocycles. The minimum Gasteiger partial charge on any atom is -0.496 e. The summed E-state index contributed by atoms with van der Waals surface area (Å²) in [6, 6.07) is 15.3. The van der Waals surface area contributed by atoms with Gasteiger partial charge in [0.25, 0.3) is 0 Å². The van der Waals surface area contributed by atoms with Crippen LogP contribution in [0.25, 0.3) is 0 Å². The number of halogens is 1. The highest BCUT2D eigenvalue weighted by molar-refractivity contribution is 9.10. The third-order valence-electron chi connectivity index (χ3n) is 6.18. The lowest BCUT2D eigenvalue weighted by molar-refractivity contribution is -0.140. The molecule has 1 atom stereocenters. The molecule has 0 spiro atoms. The number of carbonyl (C=O) groups is 2. The van der Waals surface area contributed by atoms with Crippen molar-refractivity contribution < 1.29 is 19.1 Å². The van der Waals surface area contributed by atoms with Gasteiger partial charge in [-0.25, -0.2) is 4.79 Å². The van der Waals surface area contributed by atoms with Crippen LogP contribution in [-0.4, -0.2) is 18.9 Å². The fourth-order valence-electron chi connectivity index (χ4n) is 4.70. The molecule has 172 valence electrons. The summed E-state index contributed by atoms with van der Waals surface area (Å²) in [5.41, 5.74) is 4.35. The van der Waals surface area contributed by atoms with Crippen molar-refractivity contribution in [2.75, 3.05) is 7.11 Å². The molecule has 0 fully saturated rings. The van der Waals surface area contributed by atoms with E-state index in [0.717, 1.165) is 27.7 Å². The van der Waals surface area contributed by atoms with E-state index in [-0.39, 0.29) is 17.8 Å². The first-order chi connectivity index (χ1) is 15.7. The van der Waals surface area contributed by atoms with Gasteiger partial charge in [0, 0.05) is 29.3 Å². The number of nitrogens with one attached hydrogen (secondary N) is 1. The van der Waals surface area contributed by atoms with E-state index in [1.807, 2.05) is 55.5 Å². The number of ketones is 1. The van der Waals surface area contributed by atoms with Gasteiger partial charge in [-0.3, -0.25) is 4.79 Å².